The summed E-state index contributed by atoms with van der Waals surface area (Å²) in [5, 5.41) is 12.7. The molecule has 0 bridgehead atoms. The van der Waals surface area contributed by atoms with Crippen LogP contribution in [-0.4, -0.2) is 16.1 Å². The normalized spacial score (nSPS) is 14.8. The second-order valence-electron chi connectivity index (χ2n) is 6.61. The molecule has 0 saturated heterocycles. The van der Waals surface area contributed by atoms with Crippen molar-refractivity contribution in [2.75, 3.05) is 5.32 Å². The molecule has 2 heterocycles. The first-order chi connectivity index (χ1) is 13.3. The Hall–Kier alpha value is -2.67. The Bertz CT molecular complexity index is 885. The third kappa shape index (κ3) is 4.36. The average molecular weight is 383 g/mol. The Balaban J connectivity index is 1.39. The van der Waals surface area contributed by atoms with Gasteiger partial charge in [0.1, 0.15) is 17.4 Å². The second kappa shape index (κ2) is 8.35. The molecule has 6 nitrogen and oxygen atoms in total. The zero-order chi connectivity index (χ0) is 18.5. The SMILES string of the molecule is O=C(Nc1nnc(C2CCCCC2)s1)c1occc1COc1ccccc1. The van der Waals surface area contributed by atoms with Gasteiger partial charge in [-0.2, -0.15) is 0 Å². The van der Waals surface area contributed by atoms with Crippen molar-refractivity contribution in [3.8, 4) is 5.75 Å². The standard InChI is InChI=1S/C20H21N3O3S/c24-18(21-20-23-22-19(27-20)14-7-3-1-4-8-14)17-15(11-12-25-17)13-26-16-9-5-2-6-10-16/h2,5-6,9-12,14H,1,3-4,7-8,13H2,(H,21,23,24). The molecule has 0 radical (unpaired) electrons. The number of carbonyl (C=O) groups is 1. The van der Waals surface area contributed by atoms with Gasteiger partial charge in [0.15, 0.2) is 5.76 Å². The fourth-order valence-electron chi connectivity index (χ4n) is 3.28. The molecule has 1 saturated carbocycles. The Morgan fingerprint density at radius 3 is 2.78 bits per heavy atom. The lowest BCUT2D eigenvalue weighted by molar-refractivity contribution is 0.0993. The van der Waals surface area contributed by atoms with Crippen LogP contribution in [0.15, 0.2) is 47.1 Å². The fraction of sp³-hybridized carbons (Fsp3) is 0.350. The van der Waals surface area contributed by atoms with E-state index < -0.39 is 0 Å². The monoisotopic (exact) mass is 383 g/mol. The topological polar surface area (TPSA) is 77.3 Å². The summed E-state index contributed by atoms with van der Waals surface area (Å²) in [6, 6.07) is 11.2. The number of hydrogen-bond acceptors (Lipinski definition) is 6. The van der Waals surface area contributed by atoms with Gasteiger partial charge in [-0.15, -0.1) is 10.2 Å². The third-order valence-corrected chi connectivity index (χ3v) is 5.71. The number of hydrogen-bond donors (Lipinski definition) is 1. The van der Waals surface area contributed by atoms with E-state index in [4.69, 9.17) is 9.15 Å². The highest BCUT2D eigenvalue weighted by atomic mass is 32.1. The van der Waals surface area contributed by atoms with Crippen LogP contribution in [0.1, 0.15) is 59.1 Å². The molecule has 0 atom stereocenters. The van der Waals surface area contributed by atoms with Crippen LogP contribution in [0.3, 0.4) is 0 Å². The summed E-state index contributed by atoms with van der Waals surface area (Å²) in [6.45, 7) is 0.257. The van der Waals surface area contributed by atoms with Crippen molar-refractivity contribution in [1.82, 2.24) is 10.2 Å². The van der Waals surface area contributed by atoms with Gasteiger partial charge in [-0.25, -0.2) is 0 Å². The van der Waals surface area contributed by atoms with Gasteiger partial charge in [0.2, 0.25) is 5.13 Å². The van der Waals surface area contributed by atoms with E-state index in [1.807, 2.05) is 30.3 Å². The number of benzene rings is 1. The first-order valence-electron chi connectivity index (χ1n) is 9.18. The number of rotatable bonds is 6. The third-order valence-electron chi connectivity index (χ3n) is 4.71. The molecule has 1 aliphatic carbocycles. The van der Waals surface area contributed by atoms with Crippen molar-refractivity contribution in [1.29, 1.82) is 0 Å². The van der Waals surface area contributed by atoms with Crippen LogP contribution in [0.4, 0.5) is 5.13 Å². The van der Waals surface area contributed by atoms with Crippen molar-refractivity contribution in [3.05, 3.63) is 59.0 Å². The van der Waals surface area contributed by atoms with Gasteiger partial charge in [0.25, 0.3) is 5.91 Å². The molecule has 140 valence electrons. The predicted octanol–water partition coefficient (Wildman–Crippen LogP) is 5.01. The number of para-hydroxylation sites is 1. The number of ether oxygens (including phenoxy) is 1. The minimum absolute atomic E-state index is 0.236. The maximum atomic E-state index is 12.6. The molecule has 1 amide bonds. The molecule has 1 fully saturated rings. The Morgan fingerprint density at radius 1 is 1.15 bits per heavy atom. The van der Waals surface area contributed by atoms with E-state index in [9.17, 15) is 4.79 Å². The summed E-state index contributed by atoms with van der Waals surface area (Å²) in [5.41, 5.74) is 0.688. The van der Waals surface area contributed by atoms with Crippen molar-refractivity contribution >= 4 is 22.4 Å². The Kier molecular flexibility index (Phi) is 5.48. The zero-order valence-electron chi connectivity index (χ0n) is 14.9. The largest absolute Gasteiger partial charge is 0.489 e. The summed E-state index contributed by atoms with van der Waals surface area (Å²) < 4.78 is 11.1. The minimum atomic E-state index is -0.335. The maximum absolute atomic E-state index is 12.6. The van der Waals surface area contributed by atoms with E-state index >= 15 is 0 Å². The van der Waals surface area contributed by atoms with Crippen LogP contribution < -0.4 is 10.1 Å². The first-order valence-corrected chi connectivity index (χ1v) is 10.0. The van der Waals surface area contributed by atoms with Crippen LogP contribution in [0.25, 0.3) is 0 Å². The fourth-order valence-corrected chi connectivity index (χ4v) is 4.19. The van der Waals surface area contributed by atoms with Gasteiger partial charge < -0.3 is 9.15 Å². The van der Waals surface area contributed by atoms with Gasteiger partial charge in [-0.05, 0) is 31.0 Å². The van der Waals surface area contributed by atoms with Crippen molar-refractivity contribution < 1.29 is 13.9 Å². The second-order valence-corrected chi connectivity index (χ2v) is 7.62. The number of furan rings is 1. The first kappa shape index (κ1) is 17.7. The number of amides is 1. The summed E-state index contributed by atoms with van der Waals surface area (Å²) in [4.78, 5) is 12.6. The van der Waals surface area contributed by atoms with E-state index in [1.54, 1.807) is 6.07 Å². The van der Waals surface area contributed by atoms with Crippen LogP contribution in [0.5, 0.6) is 5.75 Å². The van der Waals surface area contributed by atoms with E-state index in [-0.39, 0.29) is 18.3 Å². The molecule has 4 rings (SSSR count). The van der Waals surface area contributed by atoms with Crippen LogP contribution in [0, 0.1) is 0 Å². The number of nitrogens with one attached hydrogen (secondary N) is 1. The quantitative estimate of drug-likeness (QED) is 0.647. The molecular formula is C20H21N3O3S. The lowest BCUT2D eigenvalue weighted by Crippen LogP contribution is -2.13. The van der Waals surface area contributed by atoms with E-state index in [0.29, 0.717) is 16.6 Å². The van der Waals surface area contributed by atoms with Crippen LogP contribution >= 0.6 is 11.3 Å². The molecule has 1 aromatic carbocycles. The minimum Gasteiger partial charge on any atom is -0.489 e. The maximum Gasteiger partial charge on any atom is 0.293 e. The van der Waals surface area contributed by atoms with E-state index in [0.717, 1.165) is 23.6 Å². The van der Waals surface area contributed by atoms with E-state index in [2.05, 4.69) is 15.5 Å². The smallest absolute Gasteiger partial charge is 0.293 e. The molecule has 0 unspecified atom stereocenters. The average Bonchev–Trinajstić information content (AvgIpc) is 3.37. The number of carbonyl (C=O) groups excluding carboxylic acids is 1. The molecule has 1 N–H and O–H groups in total. The highest BCUT2D eigenvalue weighted by Gasteiger charge is 2.22. The molecule has 3 aromatic rings. The van der Waals surface area contributed by atoms with Gasteiger partial charge in [0.05, 0.1) is 6.26 Å². The lowest BCUT2D eigenvalue weighted by atomic mass is 9.90. The Labute approximate surface area is 161 Å². The molecular weight excluding hydrogens is 362 g/mol. The molecule has 1 aliphatic rings. The Morgan fingerprint density at radius 2 is 1.96 bits per heavy atom. The van der Waals surface area contributed by atoms with Gasteiger partial charge in [-0.3, -0.25) is 10.1 Å². The van der Waals surface area contributed by atoms with Crippen molar-refractivity contribution in [2.45, 2.75) is 44.6 Å². The highest BCUT2D eigenvalue weighted by molar-refractivity contribution is 7.15. The number of anilines is 1. The lowest BCUT2D eigenvalue weighted by Gasteiger charge is -2.18. The van der Waals surface area contributed by atoms with Crippen LogP contribution in [0.2, 0.25) is 0 Å². The van der Waals surface area contributed by atoms with Crippen molar-refractivity contribution in [3.63, 3.8) is 0 Å². The van der Waals surface area contributed by atoms with Gasteiger partial charge in [-0.1, -0.05) is 48.8 Å². The summed E-state index contributed by atoms with van der Waals surface area (Å²) in [7, 11) is 0. The molecule has 7 heteroatoms. The van der Waals surface area contributed by atoms with Gasteiger partial charge in [0, 0.05) is 11.5 Å². The van der Waals surface area contributed by atoms with E-state index in [1.165, 1.54) is 36.9 Å². The van der Waals surface area contributed by atoms with Gasteiger partial charge >= 0.3 is 0 Å². The molecule has 0 aliphatic heterocycles. The van der Waals surface area contributed by atoms with Crippen molar-refractivity contribution in [2.24, 2.45) is 0 Å². The number of aromatic nitrogens is 2. The molecule has 27 heavy (non-hydrogen) atoms. The summed E-state index contributed by atoms with van der Waals surface area (Å²) in [5.74, 6) is 1.12. The summed E-state index contributed by atoms with van der Waals surface area (Å²) >= 11 is 1.45. The summed E-state index contributed by atoms with van der Waals surface area (Å²) in [6.07, 6.45) is 7.58. The highest BCUT2D eigenvalue weighted by Crippen LogP contribution is 2.35. The molecule has 0 spiro atoms. The zero-order valence-corrected chi connectivity index (χ0v) is 15.7. The predicted molar refractivity (Wildman–Crippen MR) is 103 cm³/mol. The van der Waals surface area contributed by atoms with Crippen LogP contribution in [-0.2, 0) is 6.61 Å². The number of nitrogens with zero attached hydrogens (tertiary/aromatic N) is 2. The molecule has 2 aromatic heterocycles.